The van der Waals surface area contributed by atoms with Gasteiger partial charge in [0.2, 0.25) is 0 Å². The normalized spacial score (nSPS) is 14.0. The van der Waals surface area contributed by atoms with Gasteiger partial charge in [-0.1, -0.05) is 58.0 Å². The number of rotatable bonds is 9. The highest BCUT2D eigenvalue weighted by Crippen LogP contribution is 2.13. The number of nitrogens with one attached hydrogen (secondary N) is 2. The summed E-state index contributed by atoms with van der Waals surface area (Å²) in [7, 11) is 8.41. The molecular weight excluding hydrogens is 308 g/mol. The average Bonchev–Trinajstić information content (AvgIpc) is 2.45. The molecule has 0 saturated heterocycles. The molecule has 1 aromatic carbocycles. The van der Waals surface area contributed by atoms with Crippen LogP contribution in [0.3, 0.4) is 0 Å². The molecule has 0 aliphatic rings. The second-order valence-corrected chi connectivity index (χ2v) is 8.03. The predicted molar refractivity (Wildman–Crippen MR) is 112 cm³/mol. The zero-order valence-electron chi connectivity index (χ0n) is 18.0. The van der Waals surface area contributed by atoms with Crippen molar-refractivity contribution in [1.29, 1.82) is 0 Å². The molecule has 0 aliphatic carbocycles. The minimum absolute atomic E-state index is 0.418. The van der Waals surface area contributed by atoms with Gasteiger partial charge >= 0.3 is 0 Å². The minimum Gasteiger partial charge on any atom is -0.311 e. The van der Waals surface area contributed by atoms with Gasteiger partial charge in [0.15, 0.2) is 0 Å². The van der Waals surface area contributed by atoms with Crippen molar-refractivity contribution in [2.45, 2.75) is 58.8 Å². The summed E-state index contributed by atoms with van der Waals surface area (Å²) in [6.45, 7) is 13.1. The Bertz CT molecular complexity index is 395. The number of hydrogen-bond donors (Lipinski definition) is 2. The van der Waals surface area contributed by atoms with Crippen LogP contribution in [0.1, 0.15) is 46.2 Å². The second kappa shape index (κ2) is 13.3. The lowest BCUT2D eigenvalue weighted by Crippen LogP contribution is -2.39. The Morgan fingerprint density at radius 1 is 0.720 bits per heavy atom. The topological polar surface area (TPSA) is 30.5 Å². The molecule has 2 N–H and O–H groups in total. The minimum atomic E-state index is 0.418. The third-order valence-electron chi connectivity index (χ3n) is 3.54. The maximum Gasteiger partial charge on any atom is 0.0450 e. The number of benzene rings is 1. The molecular formula is C21H42N4. The van der Waals surface area contributed by atoms with Crippen LogP contribution < -0.4 is 10.6 Å². The van der Waals surface area contributed by atoms with Crippen LogP contribution in [0, 0.1) is 0 Å². The van der Waals surface area contributed by atoms with Crippen LogP contribution in [0.25, 0.3) is 0 Å². The zero-order chi connectivity index (χ0) is 19.4. The van der Waals surface area contributed by atoms with Crippen molar-refractivity contribution in [2.24, 2.45) is 0 Å². The number of nitrogens with zero attached hydrogens (tertiary/aromatic N) is 2. The first-order valence-corrected chi connectivity index (χ1v) is 9.48. The Morgan fingerprint density at radius 2 is 1.20 bits per heavy atom. The van der Waals surface area contributed by atoms with E-state index in [4.69, 9.17) is 0 Å². The summed E-state index contributed by atoms with van der Waals surface area (Å²) in [5.74, 6) is 0. The molecule has 4 nitrogen and oxygen atoms in total. The Morgan fingerprint density at radius 3 is 1.60 bits per heavy atom. The summed E-state index contributed by atoms with van der Waals surface area (Å²) in [4.78, 5) is 4.41. The SMILES string of the molecule is CC(C)N[C@@H](C)CN(C)C.CC(C)N[C@H](CN(C)C)c1ccccc1. The molecule has 0 spiro atoms. The summed E-state index contributed by atoms with van der Waals surface area (Å²) in [6.07, 6.45) is 0. The van der Waals surface area contributed by atoms with Gasteiger partial charge in [0.05, 0.1) is 0 Å². The van der Waals surface area contributed by atoms with Crippen molar-refractivity contribution in [3.8, 4) is 0 Å². The maximum absolute atomic E-state index is 3.59. The lowest BCUT2D eigenvalue weighted by atomic mass is 10.1. The van der Waals surface area contributed by atoms with E-state index in [-0.39, 0.29) is 0 Å². The third kappa shape index (κ3) is 14.0. The fourth-order valence-electron chi connectivity index (χ4n) is 2.88. The van der Waals surface area contributed by atoms with Crippen molar-refractivity contribution >= 4 is 0 Å². The van der Waals surface area contributed by atoms with E-state index in [1.807, 2.05) is 0 Å². The standard InChI is InChI=1S/C13H22N2.C8H20N2/c1-11(2)14-13(10-15(3)4)12-8-6-5-7-9-12;1-7(2)9-8(3)6-10(4)5/h5-9,11,13-14H,10H2,1-4H3;7-9H,6H2,1-5H3/t13-;8-/m10/s1. The van der Waals surface area contributed by atoms with Gasteiger partial charge in [-0.3, -0.25) is 0 Å². The molecule has 0 unspecified atom stereocenters. The summed E-state index contributed by atoms with van der Waals surface area (Å²) in [5.41, 5.74) is 1.36. The van der Waals surface area contributed by atoms with E-state index >= 15 is 0 Å². The van der Waals surface area contributed by atoms with Crippen molar-refractivity contribution < 1.29 is 0 Å². The summed E-state index contributed by atoms with van der Waals surface area (Å²) in [5, 5.41) is 7.02. The van der Waals surface area contributed by atoms with Crippen LogP contribution >= 0.6 is 0 Å². The second-order valence-electron chi connectivity index (χ2n) is 8.03. The van der Waals surface area contributed by atoms with Crippen LogP contribution in [-0.2, 0) is 0 Å². The smallest absolute Gasteiger partial charge is 0.0450 e. The zero-order valence-corrected chi connectivity index (χ0v) is 18.0. The lowest BCUT2D eigenvalue weighted by Gasteiger charge is -2.24. The van der Waals surface area contributed by atoms with Crippen LogP contribution in [0.2, 0.25) is 0 Å². The van der Waals surface area contributed by atoms with E-state index in [0.717, 1.165) is 13.1 Å². The van der Waals surface area contributed by atoms with Gasteiger partial charge in [0.25, 0.3) is 0 Å². The van der Waals surface area contributed by atoms with E-state index in [1.165, 1.54) is 5.56 Å². The molecule has 0 heterocycles. The van der Waals surface area contributed by atoms with Crippen molar-refractivity contribution in [2.75, 3.05) is 41.3 Å². The highest BCUT2D eigenvalue weighted by Gasteiger charge is 2.12. The van der Waals surface area contributed by atoms with Crippen LogP contribution in [0.4, 0.5) is 0 Å². The van der Waals surface area contributed by atoms with Gasteiger partial charge in [-0.15, -0.1) is 0 Å². The van der Waals surface area contributed by atoms with E-state index in [0.29, 0.717) is 24.2 Å². The first-order valence-electron chi connectivity index (χ1n) is 9.48. The summed E-state index contributed by atoms with van der Waals surface area (Å²) in [6, 6.07) is 12.7. The van der Waals surface area contributed by atoms with Crippen LogP contribution in [0.5, 0.6) is 0 Å². The largest absolute Gasteiger partial charge is 0.311 e. The van der Waals surface area contributed by atoms with Gasteiger partial charge in [0.1, 0.15) is 0 Å². The Balaban J connectivity index is 0.000000504. The molecule has 146 valence electrons. The van der Waals surface area contributed by atoms with Crippen LogP contribution in [0.15, 0.2) is 30.3 Å². The molecule has 0 radical (unpaired) electrons. The van der Waals surface area contributed by atoms with Gasteiger partial charge in [-0.05, 0) is 40.7 Å². The first kappa shape index (κ1) is 24.1. The Labute approximate surface area is 157 Å². The average molecular weight is 351 g/mol. The van der Waals surface area contributed by atoms with Gasteiger partial charge in [-0.2, -0.15) is 0 Å². The summed E-state index contributed by atoms with van der Waals surface area (Å²) < 4.78 is 0. The van der Waals surface area contributed by atoms with Crippen molar-refractivity contribution in [3.05, 3.63) is 35.9 Å². The molecule has 25 heavy (non-hydrogen) atoms. The monoisotopic (exact) mass is 350 g/mol. The molecule has 0 aliphatic heterocycles. The maximum atomic E-state index is 3.59. The molecule has 1 aromatic rings. The highest BCUT2D eigenvalue weighted by atomic mass is 15.1. The number of likely N-dealkylation sites (N-methyl/N-ethyl adjacent to an activating group) is 2. The molecule has 2 atom stereocenters. The predicted octanol–water partition coefficient (Wildman–Crippen LogP) is 3.22. The Hall–Kier alpha value is -0.940. The van der Waals surface area contributed by atoms with E-state index in [9.17, 15) is 0 Å². The van der Waals surface area contributed by atoms with Gasteiger partial charge in [-0.25, -0.2) is 0 Å². The number of hydrogen-bond acceptors (Lipinski definition) is 4. The summed E-state index contributed by atoms with van der Waals surface area (Å²) >= 11 is 0. The van der Waals surface area contributed by atoms with Gasteiger partial charge < -0.3 is 20.4 Å². The molecule has 0 fully saturated rings. The fraction of sp³-hybridized carbons (Fsp3) is 0.714. The van der Waals surface area contributed by atoms with E-state index in [1.54, 1.807) is 0 Å². The fourth-order valence-corrected chi connectivity index (χ4v) is 2.88. The Kier molecular flexibility index (Phi) is 12.8. The molecule has 0 aromatic heterocycles. The lowest BCUT2D eigenvalue weighted by molar-refractivity contribution is 0.329. The molecule has 0 amide bonds. The third-order valence-corrected chi connectivity index (χ3v) is 3.54. The highest BCUT2D eigenvalue weighted by molar-refractivity contribution is 5.19. The molecule has 0 bridgehead atoms. The van der Waals surface area contributed by atoms with Gasteiger partial charge in [0, 0.05) is 37.3 Å². The molecule has 0 saturated carbocycles. The molecule has 4 heteroatoms. The first-order chi connectivity index (χ1) is 11.6. The van der Waals surface area contributed by atoms with Crippen molar-refractivity contribution in [1.82, 2.24) is 20.4 Å². The van der Waals surface area contributed by atoms with Crippen LogP contribution in [-0.4, -0.2) is 69.2 Å². The molecule has 1 rings (SSSR count). The van der Waals surface area contributed by atoms with E-state index < -0.39 is 0 Å². The quantitative estimate of drug-likeness (QED) is 0.716. The van der Waals surface area contributed by atoms with Crippen molar-refractivity contribution in [3.63, 3.8) is 0 Å². The van der Waals surface area contributed by atoms with E-state index in [2.05, 4.69) is 114 Å².